The van der Waals surface area contributed by atoms with Gasteiger partial charge in [0.05, 0.1) is 30.2 Å². The lowest BCUT2D eigenvalue weighted by molar-refractivity contribution is 0.00324. The molecule has 3 fully saturated rings. The number of sulfonamides is 1. The van der Waals surface area contributed by atoms with Gasteiger partial charge in [0, 0.05) is 29.8 Å². The van der Waals surface area contributed by atoms with E-state index in [9.17, 15) is 13.2 Å². The Kier molecular flexibility index (Phi) is 4.16. The maximum Gasteiger partial charge on any atom is 0.282 e. The van der Waals surface area contributed by atoms with Crippen molar-refractivity contribution in [3.8, 4) is 0 Å². The van der Waals surface area contributed by atoms with Crippen LogP contribution < -0.4 is 4.72 Å². The van der Waals surface area contributed by atoms with Crippen LogP contribution in [0.4, 0.5) is 0 Å². The Bertz CT molecular complexity index is 860. The van der Waals surface area contributed by atoms with Gasteiger partial charge in [-0.25, -0.2) is 18.1 Å². The Morgan fingerprint density at radius 3 is 3.00 bits per heavy atom. The molecule has 5 rings (SSSR count). The second-order valence-corrected chi connectivity index (χ2v) is 11.3. The van der Waals surface area contributed by atoms with Crippen LogP contribution in [0.2, 0.25) is 0 Å². The van der Waals surface area contributed by atoms with Gasteiger partial charge in [-0.2, -0.15) is 0 Å². The molecule has 1 aromatic rings. The summed E-state index contributed by atoms with van der Waals surface area (Å²) in [6.07, 6.45) is 7.55. The number of carbonyl (C=O) groups excluding carboxylic acids is 1. The van der Waals surface area contributed by atoms with E-state index >= 15 is 0 Å². The normalized spacial score (nSPS) is 34.7. The molecule has 1 N–H and O–H groups in total. The van der Waals surface area contributed by atoms with Crippen LogP contribution in [0.1, 0.15) is 46.1 Å². The summed E-state index contributed by atoms with van der Waals surface area (Å²) in [5.74, 6) is 0.347. The van der Waals surface area contributed by atoms with Gasteiger partial charge in [-0.3, -0.25) is 4.79 Å². The Hall–Kier alpha value is -1.03. The molecule has 0 saturated carbocycles. The minimum atomic E-state index is -3.23. The minimum absolute atomic E-state index is 0.0139. The SMILES string of the molecule is CS(=O)(=O)NC[C@H]1[C@H]2CN(C(=O)c3nc4c(s3)CCCC4)C[C@]23CC[C@H]1O3. The van der Waals surface area contributed by atoms with Gasteiger partial charge in [0.15, 0.2) is 5.01 Å². The summed E-state index contributed by atoms with van der Waals surface area (Å²) in [6, 6.07) is 0. The van der Waals surface area contributed by atoms with Gasteiger partial charge in [0.2, 0.25) is 10.0 Å². The van der Waals surface area contributed by atoms with Crippen molar-refractivity contribution in [3.05, 3.63) is 15.6 Å². The standard InChI is InChI=1S/C18H25N3O4S2/c1-27(23,24)19-8-11-12-9-21(10-18(12)7-6-14(11)25-18)17(22)16-20-13-4-2-3-5-15(13)26-16/h11-12,14,19H,2-10H2,1H3/t11-,12+,14+,18+/m0/s1. The molecule has 9 heteroatoms. The molecule has 1 amide bonds. The number of fused-ring (bicyclic) bond motifs is 2. The summed E-state index contributed by atoms with van der Waals surface area (Å²) < 4.78 is 32.0. The zero-order chi connectivity index (χ0) is 18.8. The summed E-state index contributed by atoms with van der Waals surface area (Å²) in [5.41, 5.74) is 0.820. The number of nitrogens with one attached hydrogen (secondary N) is 1. The van der Waals surface area contributed by atoms with Crippen molar-refractivity contribution in [1.29, 1.82) is 0 Å². The molecule has 7 nitrogen and oxygen atoms in total. The lowest BCUT2D eigenvalue weighted by Gasteiger charge is -2.29. The van der Waals surface area contributed by atoms with Gasteiger partial charge in [0.1, 0.15) is 0 Å². The quantitative estimate of drug-likeness (QED) is 0.804. The molecule has 1 aliphatic carbocycles. The Morgan fingerprint density at radius 2 is 2.22 bits per heavy atom. The molecule has 3 saturated heterocycles. The van der Waals surface area contributed by atoms with Gasteiger partial charge in [0.25, 0.3) is 5.91 Å². The first-order valence-electron chi connectivity index (χ1n) is 9.75. The van der Waals surface area contributed by atoms with Crippen molar-refractivity contribution < 1.29 is 17.9 Å². The smallest absolute Gasteiger partial charge is 0.282 e. The summed E-state index contributed by atoms with van der Waals surface area (Å²) in [7, 11) is -3.23. The van der Waals surface area contributed by atoms with Crippen LogP contribution in [0.3, 0.4) is 0 Å². The van der Waals surface area contributed by atoms with Gasteiger partial charge in [-0.05, 0) is 38.5 Å². The number of hydrogen-bond donors (Lipinski definition) is 1. The third-order valence-corrected chi connectivity index (χ3v) is 8.52. The molecule has 0 radical (unpaired) electrons. The fraction of sp³-hybridized carbons (Fsp3) is 0.778. The van der Waals surface area contributed by atoms with Crippen LogP contribution in [-0.2, 0) is 27.6 Å². The fourth-order valence-electron chi connectivity index (χ4n) is 5.44. The Morgan fingerprint density at radius 1 is 1.41 bits per heavy atom. The van der Waals surface area contributed by atoms with Crippen LogP contribution in [-0.4, -0.2) is 61.8 Å². The molecule has 2 bridgehead atoms. The molecule has 4 atom stereocenters. The van der Waals surface area contributed by atoms with Crippen LogP contribution in [0, 0.1) is 11.8 Å². The molecule has 1 spiro atoms. The number of aromatic nitrogens is 1. The zero-order valence-corrected chi connectivity index (χ0v) is 17.1. The van der Waals surface area contributed by atoms with Crippen molar-refractivity contribution >= 4 is 27.3 Å². The number of nitrogens with zero attached hydrogens (tertiary/aromatic N) is 2. The topological polar surface area (TPSA) is 88.6 Å². The summed E-state index contributed by atoms with van der Waals surface area (Å²) in [4.78, 5) is 20.9. The number of aryl methyl sites for hydroxylation is 2. The molecule has 1 aromatic heterocycles. The lowest BCUT2D eigenvalue weighted by Crippen LogP contribution is -2.41. The highest BCUT2D eigenvalue weighted by Gasteiger charge is 2.63. The molecule has 4 aliphatic rings. The molecule has 3 aliphatic heterocycles. The molecule has 148 valence electrons. The molecule has 0 aromatic carbocycles. The van der Waals surface area contributed by atoms with Crippen molar-refractivity contribution in [2.24, 2.45) is 11.8 Å². The molecular formula is C18H25N3O4S2. The third-order valence-electron chi connectivity index (χ3n) is 6.68. The second-order valence-electron chi connectivity index (χ2n) is 8.43. The van der Waals surface area contributed by atoms with E-state index in [2.05, 4.69) is 9.71 Å². The average Bonchev–Trinajstić information content (AvgIpc) is 3.36. The first kappa shape index (κ1) is 18.0. The highest BCUT2D eigenvalue weighted by Crippen LogP contribution is 2.54. The minimum Gasteiger partial charge on any atom is -0.369 e. The van der Waals surface area contributed by atoms with Crippen LogP contribution in [0.25, 0.3) is 0 Å². The van der Waals surface area contributed by atoms with Crippen LogP contribution >= 0.6 is 11.3 Å². The van der Waals surface area contributed by atoms with Gasteiger partial charge in [-0.15, -0.1) is 11.3 Å². The van der Waals surface area contributed by atoms with E-state index < -0.39 is 10.0 Å². The summed E-state index contributed by atoms with van der Waals surface area (Å²) in [5, 5.41) is 0.610. The van der Waals surface area contributed by atoms with E-state index in [1.54, 1.807) is 11.3 Å². The number of carbonyl (C=O) groups is 1. The van der Waals surface area contributed by atoms with E-state index in [1.807, 2.05) is 4.90 Å². The predicted octanol–water partition coefficient (Wildman–Crippen LogP) is 1.19. The maximum absolute atomic E-state index is 13.1. The molecule has 4 heterocycles. The maximum atomic E-state index is 13.1. The highest BCUT2D eigenvalue weighted by atomic mass is 32.2. The van der Waals surface area contributed by atoms with Crippen LogP contribution in [0.5, 0.6) is 0 Å². The monoisotopic (exact) mass is 411 g/mol. The van der Waals surface area contributed by atoms with E-state index in [0.29, 0.717) is 24.6 Å². The third kappa shape index (κ3) is 3.03. The van der Waals surface area contributed by atoms with E-state index in [0.717, 1.165) is 37.8 Å². The number of ether oxygens (including phenoxy) is 1. The number of thiazole rings is 1. The summed E-state index contributed by atoms with van der Waals surface area (Å²) in [6.45, 7) is 1.63. The number of hydrogen-bond acceptors (Lipinski definition) is 6. The first-order valence-corrected chi connectivity index (χ1v) is 12.5. The van der Waals surface area contributed by atoms with E-state index in [-0.39, 0.29) is 29.4 Å². The molecule has 27 heavy (non-hydrogen) atoms. The lowest BCUT2D eigenvalue weighted by atomic mass is 9.74. The van der Waals surface area contributed by atoms with Crippen molar-refractivity contribution in [2.75, 3.05) is 25.9 Å². The molecular weight excluding hydrogens is 386 g/mol. The van der Waals surface area contributed by atoms with Gasteiger partial charge in [-0.1, -0.05) is 0 Å². The van der Waals surface area contributed by atoms with Crippen molar-refractivity contribution in [1.82, 2.24) is 14.6 Å². The first-order chi connectivity index (χ1) is 12.8. The number of rotatable bonds is 4. The molecule has 0 unspecified atom stereocenters. The van der Waals surface area contributed by atoms with Crippen molar-refractivity contribution in [2.45, 2.75) is 50.2 Å². The summed E-state index contributed by atoms with van der Waals surface area (Å²) >= 11 is 1.55. The fourth-order valence-corrected chi connectivity index (χ4v) is 7.06. The van der Waals surface area contributed by atoms with E-state index in [4.69, 9.17) is 4.74 Å². The number of amides is 1. The van der Waals surface area contributed by atoms with Gasteiger partial charge < -0.3 is 9.64 Å². The average molecular weight is 412 g/mol. The predicted molar refractivity (Wildman–Crippen MR) is 101 cm³/mol. The van der Waals surface area contributed by atoms with Crippen molar-refractivity contribution in [3.63, 3.8) is 0 Å². The largest absolute Gasteiger partial charge is 0.369 e. The van der Waals surface area contributed by atoms with Crippen LogP contribution in [0.15, 0.2) is 0 Å². The second kappa shape index (κ2) is 6.23. The van der Waals surface area contributed by atoms with Gasteiger partial charge >= 0.3 is 0 Å². The highest BCUT2D eigenvalue weighted by molar-refractivity contribution is 7.88. The number of likely N-dealkylation sites (tertiary alicyclic amines) is 1. The van der Waals surface area contributed by atoms with E-state index in [1.165, 1.54) is 17.6 Å². The Labute approximate surface area is 163 Å². The zero-order valence-electron chi connectivity index (χ0n) is 15.4. The Balaban J connectivity index is 1.34.